The van der Waals surface area contributed by atoms with Crippen LogP contribution in [-0.2, 0) is 0 Å². The van der Waals surface area contributed by atoms with Crippen molar-refractivity contribution in [2.45, 2.75) is 70.0 Å². The van der Waals surface area contributed by atoms with Gasteiger partial charge in [-0.2, -0.15) is 0 Å². The van der Waals surface area contributed by atoms with Gasteiger partial charge in [-0.25, -0.2) is 0 Å². The maximum absolute atomic E-state index is 8.99. The monoisotopic (exact) mass is 240 g/mol. The Bertz CT molecular complexity index is 216. The van der Waals surface area contributed by atoms with Crippen molar-refractivity contribution in [2.24, 2.45) is 5.92 Å². The molecule has 17 heavy (non-hydrogen) atoms. The van der Waals surface area contributed by atoms with E-state index in [-0.39, 0.29) is 0 Å². The molecule has 2 rings (SSSR count). The topological polar surface area (TPSA) is 44.3 Å². The van der Waals surface area contributed by atoms with E-state index in [0.717, 1.165) is 18.4 Å². The minimum atomic E-state index is 0.299. The Morgan fingerprint density at radius 1 is 1.24 bits per heavy atom. The third-order valence-electron chi connectivity index (χ3n) is 4.50. The minimum Gasteiger partial charge on any atom is -0.396 e. The summed E-state index contributed by atoms with van der Waals surface area (Å²) in [4.78, 5) is 0. The summed E-state index contributed by atoms with van der Waals surface area (Å²) in [5.74, 6) is 0.812. The predicted molar refractivity (Wildman–Crippen MR) is 71.1 cm³/mol. The molecular formula is C14H28N2O. The van der Waals surface area contributed by atoms with Crippen LogP contribution in [0.1, 0.15) is 51.9 Å². The largest absolute Gasteiger partial charge is 0.396 e. The van der Waals surface area contributed by atoms with E-state index in [0.29, 0.717) is 18.7 Å². The highest BCUT2D eigenvalue weighted by molar-refractivity contribution is 4.92. The summed E-state index contributed by atoms with van der Waals surface area (Å²) >= 11 is 0. The Kier molecular flexibility index (Phi) is 5.26. The summed E-state index contributed by atoms with van der Waals surface area (Å²) in [6.07, 6.45) is 9.04. The third kappa shape index (κ3) is 3.67. The Morgan fingerprint density at radius 2 is 2.06 bits per heavy atom. The van der Waals surface area contributed by atoms with Gasteiger partial charge >= 0.3 is 0 Å². The number of nitrogens with one attached hydrogen (secondary N) is 2. The molecule has 3 nitrogen and oxygen atoms in total. The summed E-state index contributed by atoms with van der Waals surface area (Å²) in [5, 5.41) is 16.4. The zero-order valence-electron chi connectivity index (χ0n) is 11.1. The number of aliphatic hydroxyl groups is 1. The minimum absolute atomic E-state index is 0.299. The van der Waals surface area contributed by atoms with E-state index in [1.54, 1.807) is 0 Å². The van der Waals surface area contributed by atoms with Gasteiger partial charge in [0.1, 0.15) is 0 Å². The maximum atomic E-state index is 8.99. The molecule has 1 heterocycles. The first kappa shape index (κ1) is 13.3. The van der Waals surface area contributed by atoms with E-state index in [4.69, 9.17) is 5.11 Å². The maximum Gasteiger partial charge on any atom is 0.0445 e. The fourth-order valence-electron chi connectivity index (χ4n) is 3.57. The van der Waals surface area contributed by atoms with Gasteiger partial charge in [-0.05, 0) is 51.5 Å². The molecule has 0 amide bonds. The molecule has 4 unspecified atom stereocenters. The van der Waals surface area contributed by atoms with Crippen LogP contribution in [0.3, 0.4) is 0 Å². The molecule has 0 radical (unpaired) electrons. The van der Waals surface area contributed by atoms with E-state index in [1.807, 2.05) is 0 Å². The lowest BCUT2D eigenvalue weighted by Gasteiger charge is -2.38. The lowest BCUT2D eigenvalue weighted by molar-refractivity contribution is 0.190. The molecule has 0 bridgehead atoms. The van der Waals surface area contributed by atoms with Crippen LogP contribution in [0.25, 0.3) is 0 Å². The van der Waals surface area contributed by atoms with Crippen molar-refractivity contribution in [3.63, 3.8) is 0 Å². The van der Waals surface area contributed by atoms with Gasteiger partial charge in [0.15, 0.2) is 0 Å². The quantitative estimate of drug-likeness (QED) is 0.685. The van der Waals surface area contributed by atoms with E-state index < -0.39 is 0 Å². The van der Waals surface area contributed by atoms with Crippen LogP contribution in [-0.4, -0.2) is 36.4 Å². The number of hydrogen-bond acceptors (Lipinski definition) is 3. The summed E-state index contributed by atoms with van der Waals surface area (Å²) in [6.45, 7) is 3.71. The molecule has 0 aromatic heterocycles. The number of hydrogen-bond donors (Lipinski definition) is 3. The fraction of sp³-hybridized carbons (Fsp3) is 1.00. The van der Waals surface area contributed by atoms with Crippen molar-refractivity contribution in [3.05, 3.63) is 0 Å². The Morgan fingerprint density at radius 3 is 2.76 bits per heavy atom. The smallest absolute Gasteiger partial charge is 0.0445 e. The van der Waals surface area contributed by atoms with E-state index in [2.05, 4.69) is 17.6 Å². The zero-order chi connectivity index (χ0) is 12.1. The first-order valence-corrected chi connectivity index (χ1v) is 7.41. The van der Waals surface area contributed by atoms with Crippen molar-refractivity contribution in [1.29, 1.82) is 0 Å². The van der Waals surface area contributed by atoms with Crippen molar-refractivity contribution < 1.29 is 5.11 Å². The molecule has 0 spiro atoms. The van der Waals surface area contributed by atoms with Crippen molar-refractivity contribution in [3.8, 4) is 0 Å². The Labute approximate surface area is 105 Å². The van der Waals surface area contributed by atoms with Crippen LogP contribution in [0, 0.1) is 5.92 Å². The average molecular weight is 240 g/mol. The molecular weight excluding hydrogens is 212 g/mol. The van der Waals surface area contributed by atoms with Gasteiger partial charge in [0.25, 0.3) is 0 Å². The lowest BCUT2D eigenvalue weighted by Crippen LogP contribution is -2.49. The molecule has 1 aliphatic carbocycles. The molecule has 0 aromatic rings. The molecule has 2 fully saturated rings. The molecule has 100 valence electrons. The molecule has 2 aliphatic rings. The molecule has 1 saturated carbocycles. The first-order chi connectivity index (χ1) is 8.31. The van der Waals surface area contributed by atoms with Gasteiger partial charge in [-0.3, -0.25) is 0 Å². The van der Waals surface area contributed by atoms with Crippen LogP contribution >= 0.6 is 0 Å². The number of rotatable bonds is 5. The van der Waals surface area contributed by atoms with E-state index >= 15 is 0 Å². The van der Waals surface area contributed by atoms with Crippen LogP contribution in [0.5, 0.6) is 0 Å². The molecule has 1 saturated heterocycles. The molecule has 0 aromatic carbocycles. The second kappa shape index (κ2) is 6.72. The molecule has 3 N–H and O–H groups in total. The molecule has 1 aliphatic heterocycles. The lowest BCUT2D eigenvalue weighted by atomic mass is 9.79. The van der Waals surface area contributed by atoms with Crippen molar-refractivity contribution in [2.75, 3.05) is 13.2 Å². The van der Waals surface area contributed by atoms with E-state index in [9.17, 15) is 0 Å². The number of aliphatic hydroxyl groups excluding tert-OH is 1. The highest BCUT2D eigenvalue weighted by atomic mass is 16.3. The zero-order valence-corrected chi connectivity index (χ0v) is 11.1. The van der Waals surface area contributed by atoms with Gasteiger partial charge in [-0.1, -0.05) is 12.8 Å². The SMILES string of the molecule is CC(CCO)NC1CCCCC1C1CCCN1. The van der Waals surface area contributed by atoms with Gasteiger partial charge in [-0.15, -0.1) is 0 Å². The van der Waals surface area contributed by atoms with Gasteiger partial charge < -0.3 is 15.7 Å². The molecule has 3 heteroatoms. The normalized spacial score (nSPS) is 36.0. The summed E-state index contributed by atoms with van der Waals surface area (Å²) in [7, 11) is 0. The van der Waals surface area contributed by atoms with Crippen molar-refractivity contribution in [1.82, 2.24) is 10.6 Å². The second-order valence-electron chi connectivity index (χ2n) is 5.84. The summed E-state index contributed by atoms with van der Waals surface area (Å²) in [6, 6.07) is 1.86. The van der Waals surface area contributed by atoms with Crippen LogP contribution < -0.4 is 10.6 Å². The summed E-state index contributed by atoms with van der Waals surface area (Å²) < 4.78 is 0. The fourth-order valence-corrected chi connectivity index (χ4v) is 3.57. The van der Waals surface area contributed by atoms with Crippen LogP contribution in [0.2, 0.25) is 0 Å². The van der Waals surface area contributed by atoms with Gasteiger partial charge in [0.05, 0.1) is 0 Å². The molecule has 4 atom stereocenters. The van der Waals surface area contributed by atoms with Crippen LogP contribution in [0.15, 0.2) is 0 Å². The highest BCUT2D eigenvalue weighted by Crippen LogP contribution is 2.30. The predicted octanol–water partition coefficient (Wildman–Crippen LogP) is 1.66. The van der Waals surface area contributed by atoms with Crippen LogP contribution in [0.4, 0.5) is 0 Å². The average Bonchev–Trinajstić information content (AvgIpc) is 2.83. The Balaban J connectivity index is 1.87. The van der Waals surface area contributed by atoms with Gasteiger partial charge in [0.2, 0.25) is 0 Å². The van der Waals surface area contributed by atoms with Crippen molar-refractivity contribution >= 4 is 0 Å². The second-order valence-corrected chi connectivity index (χ2v) is 5.84. The third-order valence-corrected chi connectivity index (χ3v) is 4.50. The van der Waals surface area contributed by atoms with Gasteiger partial charge in [0, 0.05) is 24.7 Å². The van der Waals surface area contributed by atoms with E-state index in [1.165, 1.54) is 45.1 Å². The Hall–Kier alpha value is -0.120. The summed E-state index contributed by atoms with van der Waals surface area (Å²) in [5.41, 5.74) is 0. The standard InChI is InChI=1S/C14H28N2O/c1-11(8-10-17)16-14-6-3-2-5-12(14)13-7-4-9-15-13/h11-17H,2-10H2,1H3. The first-order valence-electron chi connectivity index (χ1n) is 7.41. The highest BCUT2D eigenvalue weighted by Gasteiger charge is 2.33.